The molecule has 0 bridgehead atoms. The third kappa shape index (κ3) is 5.48. The molecule has 178 valence electrons. The van der Waals surface area contributed by atoms with Crippen molar-refractivity contribution in [3.05, 3.63) is 71.3 Å². The Labute approximate surface area is 199 Å². The van der Waals surface area contributed by atoms with Crippen LogP contribution < -0.4 is 21.3 Å². The van der Waals surface area contributed by atoms with Gasteiger partial charge in [0.05, 0.1) is 12.3 Å². The minimum Gasteiger partial charge on any atom is -0.301 e. The van der Waals surface area contributed by atoms with Crippen LogP contribution in [0.2, 0.25) is 0 Å². The van der Waals surface area contributed by atoms with Gasteiger partial charge >= 0.3 is 0 Å². The molecule has 0 unspecified atom stereocenters. The van der Waals surface area contributed by atoms with Gasteiger partial charge in [0.2, 0.25) is 0 Å². The first-order valence-electron chi connectivity index (χ1n) is 12.8. The zero-order valence-corrected chi connectivity index (χ0v) is 20.1. The molecule has 3 aliphatic rings. The number of benzene rings is 2. The Kier molecular flexibility index (Phi) is 7.40. The van der Waals surface area contributed by atoms with Crippen molar-refractivity contribution < 1.29 is 0 Å². The maximum absolute atomic E-state index is 3.86. The van der Waals surface area contributed by atoms with Gasteiger partial charge in [0.25, 0.3) is 0 Å². The number of rotatable bonds is 7. The summed E-state index contributed by atoms with van der Waals surface area (Å²) >= 11 is 0. The Morgan fingerprint density at radius 2 is 1.67 bits per heavy atom. The van der Waals surface area contributed by atoms with Crippen molar-refractivity contribution in [3.8, 4) is 0 Å². The number of fused-ring (bicyclic) bond motifs is 1. The fourth-order valence-corrected chi connectivity index (χ4v) is 5.68. The predicted octanol–water partition coefficient (Wildman–Crippen LogP) is 2.63. The van der Waals surface area contributed by atoms with Gasteiger partial charge in [-0.15, -0.1) is 0 Å². The molecule has 5 rings (SSSR count). The molecule has 6 nitrogen and oxygen atoms in total. The lowest BCUT2D eigenvalue weighted by Gasteiger charge is -2.37. The lowest BCUT2D eigenvalue weighted by atomic mass is 9.94. The van der Waals surface area contributed by atoms with Crippen LogP contribution in [0, 0.1) is 5.92 Å². The molecule has 0 spiro atoms. The summed E-state index contributed by atoms with van der Waals surface area (Å²) in [5.41, 5.74) is 4.17. The smallest absolute Gasteiger partial charge is 0.0644 e. The Morgan fingerprint density at radius 3 is 2.39 bits per heavy atom. The lowest BCUT2D eigenvalue weighted by molar-refractivity contribution is 0.132. The standard InChI is InChI=1S/C27H40N6/c1-3-32-13-15-33(16-14-32)18-21-9-11-23(12-10-21)25-17-24-26(28-19-29-27(24)31-25)30-20(2)22-7-5-4-6-8-22/h4-12,20,24-31H,3,13-19H2,1-2H3/t20-,24+,25-,26-,27-/m0/s1. The number of nitrogens with one attached hydrogen (secondary N) is 4. The van der Waals surface area contributed by atoms with E-state index in [2.05, 4.69) is 99.5 Å². The van der Waals surface area contributed by atoms with Crippen LogP contribution >= 0.6 is 0 Å². The molecule has 0 radical (unpaired) electrons. The number of hydrogen-bond donors (Lipinski definition) is 4. The third-order valence-electron chi connectivity index (χ3n) is 7.82. The van der Waals surface area contributed by atoms with Gasteiger partial charge in [-0.1, -0.05) is 61.5 Å². The number of nitrogens with zero attached hydrogens (tertiary/aromatic N) is 2. The van der Waals surface area contributed by atoms with Gasteiger partial charge < -0.3 is 4.90 Å². The van der Waals surface area contributed by atoms with E-state index in [1.165, 1.54) is 49.4 Å². The van der Waals surface area contributed by atoms with Crippen molar-refractivity contribution in [1.29, 1.82) is 0 Å². The van der Waals surface area contributed by atoms with Gasteiger partial charge in [0.1, 0.15) is 0 Å². The van der Waals surface area contributed by atoms with Crippen molar-refractivity contribution in [2.45, 2.75) is 51.2 Å². The van der Waals surface area contributed by atoms with E-state index in [4.69, 9.17) is 0 Å². The molecule has 2 aromatic carbocycles. The molecule has 3 saturated heterocycles. The van der Waals surface area contributed by atoms with Crippen LogP contribution in [0.25, 0.3) is 0 Å². The topological polar surface area (TPSA) is 54.6 Å². The van der Waals surface area contributed by atoms with Crippen molar-refractivity contribution in [3.63, 3.8) is 0 Å². The van der Waals surface area contributed by atoms with Crippen LogP contribution in [0.4, 0.5) is 0 Å². The summed E-state index contributed by atoms with van der Waals surface area (Å²) in [6, 6.07) is 20.8. The first-order chi connectivity index (χ1) is 16.2. The average molecular weight is 449 g/mol. The summed E-state index contributed by atoms with van der Waals surface area (Å²) in [4.78, 5) is 5.12. The van der Waals surface area contributed by atoms with Gasteiger partial charge in [0, 0.05) is 57.4 Å². The van der Waals surface area contributed by atoms with Crippen LogP contribution in [0.1, 0.15) is 49.0 Å². The first-order valence-corrected chi connectivity index (χ1v) is 12.8. The van der Waals surface area contributed by atoms with Crippen LogP contribution in [-0.2, 0) is 6.54 Å². The van der Waals surface area contributed by atoms with Crippen LogP contribution in [0.5, 0.6) is 0 Å². The van der Waals surface area contributed by atoms with E-state index >= 15 is 0 Å². The molecule has 0 aliphatic carbocycles. The summed E-state index contributed by atoms with van der Waals surface area (Å²) in [7, 11) is 0. The third-order valence-corrected chi connectivity index (χ3v) is 7.82. The summed E-state index contributed by atoms with van der Waals surface area (Å²) in [5, 5.41) is 15.0. The summed E-state index contributed by atoms with van der Waals surface area (Å²) < 4.78 is 0. The quantitative estimate of drug-likeness (QED) is 0.523. The van der Waals surface area contributed by atoms with E-state index < -0.39 is 0 Å². The fourth-order valence-electron chi connectivity index (χ4n) is 5.68. The van der Waals surface area contributed by atoms with Crippen LogP contribution in [0.3, 0.4) is 0 Å². The van der Waals surface area contributed by atoms with E-state index in [0.29, 0.717) is 30.3 Å². The Bertz CT molecular complexity index is 864. The molecule has 2 aromatic rings. The Balaban J connectivity index is 1.17. The Hall–Kier alpha value is -1.80. The molecular weight excluding hydrogens is 408 g/mol. The summed E-state index contributed by atoms with van der Waals surface area (Å²) in [5.74, 6) is 0.504. The molecule has 5 atom stereocenters. The molecule has 0 saturated carbocycles. The highest BCUT2D eigenvalue weighted by Gasteiger charge is 2.41. The predicted molar refractivity (Wildman–Crippen MR) is 135 cm³/mol. The minimum atomic E-state index is 0.296. The van der Waals surface area contributed by atoms with Crippen molar-refractivity contribution >= 4 is 0 Å². The van der Waals surface area contributed by atoms with Crippen molar-refractivity contribution in [1.82, 2.24) is 31.1 Å². The average Bonchev–Trinajstić information content (AvgIpc) is 3.31. The zero-order valence-electron chi connectivity index (χ0n) is 20.1. The normalized spacial score (nSPS) is 29.6. The van der Waals surface area contributed by atoms with Gasteiger partial charge in [-0.25, -0.2) is 0 Å². The van der Waals surface area contributed by atoms with Crippen molar-refractivity contribution in [2.24, 2.45) is 5.92 Å². The van der Waals surface area contributed by atoms with E-state index in [1.807, 2.05) is 0 Å². The molecule has 6 heteroatoms. The van der Waals surface area contributed by atoms with Gasteiger partial charge in [0.15, 0.2) is 0 Å². The van der Waals surface area contributed by atoms with E-state index in [1.54, 1.807) is 0 Å². The zero-order chi connectivity index (χ0) is 22.6. The van der Waals surface area contributed by atoms with Crippen LogP contribution in [0.15, 0.2) is 54.6 Å². The lowest BCUT2D eigenvalue weighted by Crippen LogP contribution is -2.63. The second kappa shape index (κ2) is 10.6. The highest BCUT2D eigenvalue weighted by Crippen LogP contribution is 2.34. The first kappa shape index (κ1) is 23.0. The number of hydrogen-bond acceptors (Lipinski definition) is 6. The number of likely N-dealkylation sites (N-methyl/N-ethyl adjacent to an activating group) is 1. The van der Waals surface area contributed by atoms with Gasteiger partial charge in [-0.3, -0.25) is 26.2 Å². The summed E-state index contributed by atoms with van der Waals surface area (Å²) in [6.07, 6.45) is 1.76. The van der Waals surface area contributed by atoms with E-state index in [9.17, 15) is 0 Å². The van der Waals surface area contributed by atoms with Gasteiger partial charge in [-0.2, -0.15) is 0 Å². The fraction of sp³-hybridized carbons (Fsp3) is 0.556. The Morgan fingerprint density at radius 1 is 0.939 bits per heavy atom. The highest BCUT2D eigenvalue weighted by molar-refractivity contribution is 5.27. The minimum absolute atomic E-state index is 0.296. The number of piperazine rings is 1. The van der Waals surface area contributed by atoms with Gasteiger partial charge in [-0.05, 0) is 36.6 Å². The largest absolute Gasteiger partial charge is 0.301 e. The highest BCUT2D eigenvalue weighted by atomic mass is 15.3. The molecule has 0 aromatic heterocycles. The monoisotopic (exact) mass is 448 g/mol. The van der Waals surface area contributed by atoms with Crippen LogP contribution in [-0.4, -0.2) is 61.5 Å². The molecule has 0 amide bonds. The van der Waals surface area contributed by atoms with Crippen molar-refractivity contribution in [2.75, 3.05) is 39.4 Å². The second-order valence-electron chi connectivity index (χ2n) is 9.91. The van der Waals surface area contributed by atoms with E-state index in [-0.39, 0.29) is 0 Å². The van der Waals surface area contributed by atoms with E-state index in [0.717, 1.165) is 19.6 Å². The molecule has 4 N–H and O–H groups in total. The molecule has 3 fully saturated rings. The molecule has 3 heterocycles. The molecular formula is C27H40N6. The maximum Gasteiger partial charge on any atom is 0.0644 e. The second-order valence-corrected chi connectivity index (χ2v) is 9.91. The maximum atomic E-state index is 3.86. The molecule has 3 aliphatic heterocycles. The summed E-state index contributed by atoms with van der Waals surface area (Å²) in [6.45, 7) is 12.3. The molecule has 33 heavy (non-hydrogen) atoms. The SMILES string of the molecule is CCN1CCN(Cc2ccc([C@@H]3C[C@@H]4[C@H](N[C@@H](C)c5ccccc5)NCN[C@H]4N3)cc2)CC1.